The number of carbonyl (C=O) groups excluding carboxylic acids is 1. The van der Waals surface area contributed by atoms with Gasteiger partial charge in [-0.2, -0.15) is 0 Å². The van der Waals surface area contributed by atoms with Gasteiger partial charge in [0, 0.05) is 11.5 Å². The lowest BCUT2D eigenvalue weighted by molar-refractivity contribution is 0.0859. The number of aryl methyl sites for hydroxylation is 1. The summed E-state index contributed by atoms with van der Waals surface area (Å²) < 4.78 is 0. The maximum atomic E-state index is 12.5. The first-order valence-corrected chi connectivity index (χ1v) is 8.25. The van der Waals surface area contributed by atoms with Crippen molar-refractivity contribution < 1.29 is 4.79 Å². The summed E-state index contributed by atoms with van der Waals surface area (Å²) >= 11 is 0. The van der Waals surface area contributed by atoms with Gasteiger partial charge in [0.1, 0.15) is 0 Å². The van der Waals surface area contributed by atoms with Crippen LogP contribution in [-0.4, -0.2) is 5.78 Å². The fourth-order valence-corrected chi connectivity index (χ4v) is 3.41. The van der Waals surface area contributed by atoms with E-state index < -0.39 is 0 Å². The highest BCUT2D eigenvalue weighted by Crippen LogP contribution is 2.34. The molecule has 20 heavy (non-hydrogen) atoms. The zero-order chi connectivity index (χ0) is 14.5. The van der Waals surface area contributed by atoms with Gasteiger partial charge in [0.05, 0.1) is 0 Å². The SMILES string of the molecule is CCCc1ccc(C(=O)C2CCC(C(C)C)CC2)cc1. The average molecular weight is 272 g/mol. The van der Waals surface area contributed by atoms with E-state index in [0.717, 1.165) is 43.1 Å². The molecule has 1 fully saturated rings. The van der Waals surface area contributed by atoms with Crippen molar-refractivity contribution in [2.45, 2.75) is 59.3 Å². The van der Waals surface area contributed by atoms with Crippen molar-refractivity contribution in [1.82, 2.24) is 0 Å². The molecular formula is C19H28O. The molecule has 0 spiro atoms. The van der Waals surface area contributed by atoms with Gasteiger partial charge in [-0.05, 0) is 49.5 Å². The van der Waals surface area contributed by atoms with E-state index in [1.54, 1.807) is 0 Å². The second kappa shape index (κ2) is 7.06. The van der Waals surface area contributed by atoms with Crippen LogP contribution in [0.4, 0.5) is 0 Å². The minimum Gasteiger partial charge on any atom is -0.294 e. The summed E-state index contributed by atoms with van der Waals surface area (Å²) in [4.78, 5) is 12.5. The highest BCUT2D eigenvalue weighted by Gasteiger charge is 2.28. The average Bonchev–Trinajstić information content (AvgIpc) is 2.48. The molecule has 1 nitrogen and oxygen atoms in total. The summed E-state index contributed by atoms with van der Waals surface area (Å²) in [5, 5.41) is 0. The van der Waals surface area contributed by atoms with E-state index in [9.17, 15) is 4.79 Å². The largest absolute Gasteiger partial charge is 0.294 e. The zero-order valence-electron chi connectivity index (χ0n) is 13.2. The number of hydrogen-bond acceptors (Lipinski definition) is 1. The lowest BCUT2D eigenvalue weighted by atomic mass is 9.75. The predicted octanol–water partition coefficient (Wildman–Crippen LogP) is 5.28. The van der Waals surface area contributed by atoms with Crippen LogP contribution in [0.5, 0.6) is 0 Å². The van der Waals surface area contributed by atoms with E-state index >= 15 is 0 Å². The Morgan fingerprint density at radius 3 is 2.20 bits per heavy atom. The van der Waals surface area contributed by atoms with Crippen molar-refractivity contribution in [2.24, 2.45) is 17.8 Å². The second-order valence-electron chi connectivity index (χ2n) is 6.67. The Balaban J connectivity index is 1.94. The van der Waals surface area contributed by atoms with E-state index in [1.165, 1.54) is 18.4 Å². The maximum Gasteiger partial charge on any atom is 0.165 e. The zero-order valence-corrected chi connectivity index (χ0v) is 13.2. The van der Waals surface area contributed by atoms with Gasteiger partial charge >= 0.3 is 0 Å². The highest BCUT2D eigenvalue weighted by molar-refractivity contribution is 5.97. The first-order valence-electron chi connectivity index (χ1n) is 8.25. The summed E-state index contributed by atoms with van der Waals surface area (Å²) in [6.07, 6.45) is 6.88. The number of Topliss-reactive ketones (excluding diaryl/α,β-unsaturated/α-hetero) is 1. The van der Waals surface area contributed by atoms with Gasteiger partial charge in [0.15, 0.2) is 5.78 Å². The molecule has 0 aliphatic heterocycles. The molecule has 0 radical (unpaired) electrons. The molecule has 0 saturated heterocycles. The molecular weight excluding hydrogens is 244 g/mol. The van der Waals surface area contributed by atoms with Crippen molar-refractivity contribution in [1.29, 1.82) is 0 Å². The maximum absolute atomic E-state index is 12.5. The Kier molecular flexibility index (Phi) is 5.39. The number of benzene rings is 1. The fourth-order valence-electron chi connectivity index (χ4n) is 3.41. The highest BCUT2D eigenvalue weighted by atomic mass is 16.1. The normalized spacial score (nSPS) is 23.0. The minimum absolute atomic E-state index is 0.266. The lowest BCUT2D eigenvalue weighted by Crippen LogP contribution is -2.24. The molecule has 1 aliphatic carbocycles. The number of hydrogen-bond donors (Lipinski definition) is 0. The van der Waals surface area contributed by atoms with Crippen molar-refractivity contribution in [3.05, 3.63) is 35.4 Å². The summed E-state index contributed by atoms with van der Waals surface area (Å²) in [6, 6.07) is 8.30. The molecule has 1 saturated carbocycles. The van der Waals surface area contributed by atoms with Gasteiger partial charge < -0.3 is 0 Å². The first-order chi connectivity index (χ1) is 9.61. The molecule has 0 N–H and O–H groups in total. The van der Waals surface area contributed by atoms with Crippen LogP contribution in [0.25, 0.3) is 0 Å². The molecule has 1 aromatic rings. The lowest BCUT2D eigenvalue weighted by Gasteiger charge is -2.30. The topological polar surface area (TPSA) is 17.1 Å². The summed E-state index contributed by atoms with van der Waals surface area (Å²) in [6.45, 7) is 6.80. The van der Waals surface area contributed by atoms with Gasteiger partial charge in [0.2, 0.25) is 0 Å². The van der Waals surface area contributed by atoms with Gasteiger partial charge in [-0.1, -0.05) is 51.5 Å². The molecule has 0 aromatic heterocycles. The monoisotopic (exact) mass is 272 g/mol. The van der Waals surface area contributed by atoms with Crippen molar-refractivity contribution in [2.75, 3.05) is 0 Å². The third kappa shape index (κ3) is 3.71. The Bertz CT molecular complexity index is 422. The third-order valence-corrected chi connectivity index (χ3v) is 4.86. The Morgan fingerprint density at radius 1 is 1.10 bits per heavy atom. The smallest absolute Gasteiger partial charge is 0.165 e. The summed E-state index contributed by atoms with van der Waals surface area (Å²) in [5.41, 5.74) is 2.26. The van der Waals surface area contributed by atoms with Crippen LogP contribution in [0.3, 0.4) is 0 Å². The van der Waals surface area contributed by atoms with E-state index in [1.807, 2.05) is 12.1 Å². The second-order valence-corrected chi connectivity index (χ2v) is 6.67. The molecule has 110 valence electrons. The van der Waals surface area contributed by atoms with Crippen LogP contribution in [0.2, 0.25) is 0 Å². The Labute approximate surface area is 123 Å². The Hall–Kier alpha value is -1.11. The molecule has 0 amide bonds. The number of rotatable bonds is 5. The van der Waals surface area contributed by atoms with Crippen LogP contribution in [-0.2, 0) is 6.42 Å². The predicted molar refractivity (Wildman–Crippen MR) is 85.1 cm³/mol. The van der Waals surface area contributed by atoms with Crippen LogP contribution >= 0.6 is 0 Å². The molecule has 0 bridgehead atoms. The third-order valence-electron chi connectivity index (χ3n) is 4.86. The van der Waals surface area contributed by atoms with Crippen LogP contribution in [0.1, 0.15) is 68.8 Å². The van der Waals surface area contributed by atoms with E-state index in [2.05, 4.69) is 32.9 Å². The number of carbonyl (C=O) groups is 1. The summed E-state index contributed by atoms with van der Waals surface area (Å²) in [7, 11) is 0. The molecule has 1 heteroatoms. The van der Waals surface area contributed by atoms with Crippen molar-refractivity contribution in [3.63, 3.8) is 0 Å². The van der Waals surface area contributed by atoms with E-state index in [4.69, 9.17) is 0 Å². The van der Waals surface area contributed by atoms with E-state index in [0.29, 0.717) is 5.78 Å². The molecule has 0 unspecified atom stereocenters. The molecule has 0 heterocycles. The van der Waals surface area contributed by atoms with Gasteiger partial charge in [-0.25, -0.2) is 0 Å². The van der Waals surface area contributed by atoms with Crippen LogP contribution < -0.4 is 0 Å². The Morgan fingerprint density at radius 2 is 1.70 bits per heavy atom. The van der Waals surface area contributed by atoms with Crippen LogP contribution in [0.15, 0.2) is 24.3 Å². The molecule has 1 aliphatic rings. The molecule has 0 atom stereocenters. The fraction of sp³-hybridized carbons (Fsp3) is 0.632. The van der Waals surface area contributed by atoms with E-state index in [-0.39, 0.29) is 5.92 Å². The minimum atomic E-state index is 0.266. The quantitative estimate of drug-likeness (QED) is 0.666. The molecule has 1 aromatic carbocycles. The van der Waals surface area contributed by atoms with Gasteiger partial charge in [-0.3, -0.25) is 4.79 Å². The summed E-state index contributed by atoms with van der Waals surface area (Å²) in [5.74, 6) is 2.22. The van der Waals surface area contributed by atoms with Gasteiger partial charge in [-0.15, -0.1) is 0 Å². The number of ketones is 1. The van der Waals surface area contributed by atoms with Crippen molar-refractivity contribution >= 4 is 5.78 Å². The molecule has 2 rings (SSSR count). The van der Waals surface area contributed by atoms with Gasteiger partial charge in [0.25, 0.3) is 0 Å². The van der Waals surface area contributed by atoms with Crippen molar-refractivity contribution in [3.8, 4) is 0 Å². The van der Waals surface area contributed by atoms with Crippen LogP contribution in [0, 0.1) is 17.8 Å². The standard InChI is InChI=1S/C19H28O/c1-4-5-15-6-8-17(9-7-15)19(20)18-12-10-16(11-13-18)14(2)3/h6-9,14,16,18H,4-5,10-13H2,1-3H3. The first kappa shape index (κ1) is 15.3.